The molecule has 3 aromatic rings. The smallest absolute Gasteiger partial charge is 0.273 e. The maximum atomic E-state index is 12.3. The number of hydrogen-bond donors (Lipinski definition) is 2. The number of carbonyl (C=O) groups excluding carboxylic acids is 2. The Kier molecular flexibility index (Phi) is 4.79. The average molecular weight is 337 g/mol. The molecule has 2 N–H and O–H groups in total. The van der Waals surface area contributed by atoms with Crippen molar-refractivity contribution in [2.45, 2.75) is 13.0 Å². The Balaban J connectivity index is 1.57. The van der Waals surface area contributed by atoms with Gasteiger partial charge in [0.25, 0.3) is 11.5 Å². The van der Waals surface area contributed by atoms with E-state index in [0.29, 0.717) is 16.5 Å². The van der Waals surface area contributed by atoms with Crippen LogP contribution in [-0.4, -0.2) is 26.8 Å². The summed E-state index contributed by atoms with van der Waals surface area (Å²) in [5.41, 5.74) is 5.24. The Morgan fingerprint density at radius 1 is 0.960 bits per heavy atom. The quantitative estimate of drug-likeness (QED) is 0.680. The van der Waals surface area contributed by atoms with Crippen LogP contribution in [0.5, 0.6) is 0 Å². The van der Waals surface area contributed by atoms with Crippen LogP contribution in [0.15, 0.2) is 59.4 Å². The first kappa shape index (κ1) is 16.3. The summed E-state index contributed by atoms with van der Waals surface area (Å²) in [5.74, 6) is -0.859. The molecule has 0 aliphatic heterocycles. The third kappa shape index (κ3) is 3.86. The molecule has 0 atom stereocenters. The number of fused-ring (bicyclic) bond motifs is 1. The number of carbonyl (C=O) groups is 2. The maximum Gasteiger partial charge on any atom is 0.277 e. The van der Waals surface area contributed by atoms with Crippen LogP contribution in [0.4, 0.5) is 0 Å². The topological polar surface area (TPSA) is 106 Å². The number of rotatable bonds is 4. The van der Waals surface area contributed by atoms with Crippen LogP contribution in [-0.2, 0) is 11.3 Å². The Bertz CT molecular complexity index is 969. The third-order valence-corrected chi connectivity index (χ3v) is 3.53. The van der Waals surface area contributed by atoms with E-state index in [4.69, 9.17) is 0 Å². The minimum Gasteiger partial charge on any atom is -0.273 e. The molecular formula is C17H15N5O3. The second-order valence-electron chi connectivity index (χ2n) is 5.25. The monoisotopic (exact) mass is 337 g/mol. The van der Waals surface area contributed by atoms with Gasteiger partial charge in [-0.25, -0.2) is 4.68 Å². The molecule has 0 aliphatic rings. The fraction of sp³-hybridized carbons (Fsp3) is 0.118. The lowest BCUT2D eigenvalue weighted by molar-refractivity contribution is -0.122. The van der Waals surface area contributed by atoms with Crippen molar-refractivity contribution in [1.82, 2.24) is 25.8 Å². The number of hydrazine groups is 1. The van der Waals surface area contributed by atoms with Gasteiger partial charge < -0.3 is 0 Å². The van der Waals surface area contributed by atoms with Crippen molar-refractivity contribution in [3.8, 4) is 0 Å². The summed E-state index contributed by atoms with van der Waals surface area (Å²) in [6.07, 6.45) is -0.0258. The van der Waals surface area contributed by atoms with Crippen molar-refractivity contribution in [2.75, 3.05) is 0 Å². The highest BCUT2D eigenvalue weighted by Gasteiger charge is 2.09. The highest BCUT2D eigenvalue weighted by atomic mass is 16.2. The first-order valence-electron chi connectivity index (χ1n) is 7.62. The number of benzene rings is 2. The Morgan fingerprint density at radius 2 is 1.68 bits per heavy atom. The second-order valence-corrected chi connectivity index (χ2v) is 5.25. The molecule has 25 heavy (non-hydrogen) atoms. The van der Waals surface area contributed by atoms with Gasteiger partial charge >= 0.3 is 0 Å². The molecule has 126 valence electrons. The van der Waals surface area contributed by atoms with Crippen molar-refractivity contribution in [1.29, 1.82) is 0 Å². The van der Waals surface area contributed by atoms with Gasteiger partial charge in [-0.3, -0.25) is 25.2 Å². The Hall–Kier alpha value is -3.55. The standard InChI is InChI=1S/C17H15N5O3/c23-15(19-20-16(24)12-6-2-1-3-7-12)10-11-22-17(25)13-8-4-5-9-14(13)18-21-22/h1-9H,10-11H2,(H,19,23)(H,20,24). The number of amides is 2. The Morgan fingerprint density at radius 3 is 2.48 bits per heavy atom. The van der Waals surface area contributed by atoms with Crippen LogP contribution in [0.3, 0.4) is 0 Å². The minimum atomic E-state index is -0.439. The van der Waals surface area contributed by atoms with Crippen LogP contribution in [0.1, 0.15) is 16.8 Å². The fourth-order valence-electron chi connectivity index (χ4n) is 2.23. The lowest BCUT2D eigenvalue weighted by Crippen LogP contribution is -2.42. The predicted molar refractivity (Wildman–Crippen MR) is 90.5 cm³/mol. The zero-order valence-corrected chi connectivity index (χ0v) is 13.2. The van der Waals surface area contributed by atoms with Crippen LogP contribution in [0.25, 0.3) is 10.9 Å². The average Bonchev–Trinajstić information content (AvgIpc) is 2.66. The summed E-state index contributed by atoms with van der Waals surface area (Å²) in [6.45, 7) is 0.0592. The molecule has 0 fully saturated rings. The van der Waals surface area contributed by atoms with Crippen molar-refractivity contribution < 1.29 is 9.59 Å². The van der Waals surface area contributed by atoms with Gasteiger partial charge in [0.05, 0.1) is 11.9 Å². The fourth-order valence-corrected chi connectivity index (χ4v) is 2.23. The van der Waals surface area contributed by atoms with Gasteiger partial charge in [0.2, 0.25) is 5.91 Å². The van der Waals surface area contributed by atoms with E-state index >= 15 is 0 Å². The van der Waals surface area contributed by atoms with E-state index in [0.717, 1.165) is 4.68 Å². The summed E-state index contributed by atoms with van der Waals surface area (Å²) >= 11 is 0. The van der Waals surface area contributed by atoms with E-state index in [-0.39, 0.29) is 18.5 Å². The van der Waals surface area contributed by atoms with E-state index in [1.807, 2.05) is 0 Å². The molecule has 8 heteroatoms. The molecule has 3 rings (SSSR count). The largest absolute Gasteiger partial charge is 0.277 e. The molecule has 8 nitrogen and oxygen atoms in total. The van der Waals surface area contributed by atoms with Gasteiger partial charge in [-0.1, -0.05) is 35.5 Å². The molecule has 0 radical (unpaired) electrons. The lowest BCUT2D eigenvalue weighted by atomic mass is 10.2. The molecule has 0 bridgehead atoms. The third-order valence-electron chi connectivity index (χ3n) is 3.53. The van der Waals surface area contributed by atoms with E-state index in [9.17, 15) is 14.4 Å². The van der Waals surface area contributed by atoms with Gasteiger partial charge in [-0.05, 0) is 24.3 Å². The second kappa shape index (κ2) is 7.35. The number of nitrogens with zero attached hydrogens (tertiary/aromatic N) is 3. The summed E-state index contributed by atoms with van der Waals surface area (Å²) in [4.78, 5) is 35.9. The minimum absolute atomic E-state index is 0.0258. The number of aromatic nitrogens is 3. The van der Waals surface area contributed by atoms with E-state index < -0.39 is 11.8 Å². The van der Waals surface area contributed by atoms with Crippen molar-refractivity contribution in [3.05, 3.63) is 70.5 Å². The first-order chi connectivity index (χ1) is 12.1. The first-order valence-corrected chi connectivity index (χ1v) is 7.62. The maximum absolute atomic E-state index is 12.3. The SMILES string of the molecule is O=C(CCn1nnc2ccccc2c1=O)NNC(=O)c1ccccc1. The molecule has 1 aromatic heterocycles. The lowest BCUT2D eigenvalue weighted by Gasteiger charge is -2.08. The number of aryl methyl sites for hydroxylation is 1. The van der Waals surface area contributed by atoms with Gasteiger partial charge in [0.15, 0.2) is 0 Å². The van der Waals surface area contributed by atoms with Crippen LogP contribution >= 0.6 is 0 Å². The van der Waals surface area contributed by atoms with E-state index in [2.05, 4.69) is 21.2 Å². The molecule has 2 aromatic carbocycles. The summed E-state index contributed by atoms with van der Waals surface area (Å²) in [7, 11) is 0. The summed E-state index contributed by atoms with van der Waals surface area (Å²) in [6, 6.07) is 15.4. The van der Waals surface area contributed by atoms with E-state index in [1.54, 1.807) is 54.6 Å². The molecule has 0 saturated heterocycles. The molecule has 0 spiro atoms. The van der Waals surface area contributed by atoms with Crippen LogP contribution in [0, 0.1) is 0 Å². The molecule has 0 unspecified atom stereocenters. The molecular weight excluding hydrogens is 322 g/mol. The highest BCUT2D eigenvalue weighted by Crippen LogP contribution is 2.03. The molecule has 0 aliphatic carbocycles. The molecule has 0 saturated carbocycles. The Labute approximate surface area is 142 Å². The van der Waals surface area contributed by atoms with Gasteiger partial charge in [-0.2, -0.15) is 0 Å². The van der Waals surface area contributed by atoms with Gasteiger partial charge in [-0.15, -0.1) is 5.10 Å². The van der Waals surface area contributed by atoms with Crippen LogP contribution < -0.4 is 16.4 Å². The van der Waals surface area contributed by atoms with Crippen molar-refractivity contribution in [2.24, 2.45) is 0 Å². The highest BCUT2D eigenvalue weighted by molar-refractivity contribution is 5.95. The van der Waals surface area contributed by atoms with E-state index in [1.165, 1.54) is 0 Å². The van der Waals surface area contributed by atoms with Crippen molar-refractivity contribution in [3.63, 3.8) is 0 Å². The summed E-state index contributed by atoms with van der Waals surface area (Å²) in [5, 5.41) is 8.19. The van der Waals surface area contributed by atoms with Crippen LogP contribution in [0.2, 0.25) is 0 Å². The number of nitrogens with one attached hydrogen (secondary N) is 2. The molecule has 1 heterocycles. The zero-order chi connectivity index (χ0) is 17.6. The predicted octanol–water partition coefficient (Wildman–Crippen LogP) is 0.643. The van der Waals surface area contributed by atoms with Gasteiger partial charge in [0.1, 0.15) is 5.52 Å². The van der Waals surface area contributed by atoms with Crippen molar-refractivity contribution >= 4 is 22.7 Å². The molecule has 2 amide bonds. The summed E-state index contributed by atoms with van der Waals surface area (Å²) < 4.78 is 1.13. The normalized spacial score (nSPS) is 10.4. The zero-order valence-electron chi connectivity index (χ0n) is 13.2. The van der Waals surface area contributed by atoms with Gasteiger partial charge in [0, 0.05) is 12.0 Å². The number of hydrogen-bond acceptors (Lipinski definition) is 5.